The first-order chi connectivity index (χ1) is 7.71. The van der Waals surface area contributed by atoms with E-state index in [-0.39, 0.29) is 5.41 Å². The highest BCUT2D eigenvalue weighted by molar-refractivity contribution is 5.86. The highest BCUT2D eigenvalue weighted by Crippen LogP contribution is 2.37. The van der Waals surface area contributed by atoms with Gasteiger partial charge in [-0.05, 0) is 24.5 Å². The Kier molecular flexibility index (Phi) is 3.37. The minimum absolute atomic E-state index is 0.0753. The molecule has 1 saturated carbocycles. The Hall–Kier alpha value is -1.18. The number of rotatable bonds is 3. The van der Waals surface area contributed by atoms with Crippen molar-refractivity contribution in [2.75, 3.05) is 0 Å². The van der Waals surface area contributed by atoms with Crippen molar-refractivity contribution in [3.8, 4) is 0 Å². The molecule has 0 aromatic carbocycles. The molecule has 1 aromatic rings. The molecule has 1 heterocycles. The number of Topliss-reactive ketones (excluding diaryl/α,β-unsaturated/α-hetero) is 1. The van der Waals surface area contributed by atoms with Crippen LogP contribution in [0.4, 0.5) is 0 Å². The lowest BCUT2D eigenvalue weighted by molar-refractivity contribution is -0.128. The molecular weight excluding hydrogens is 198 g/mol. The second kappa shape index (κ2) is 4.77. The van der Waals surface area contributed by atoms with Crippen LogP contribution in [0, 0.1) is 5.41 Å². The Morgan fingerprint density at radius 3 is 2.75 bits per heavy atom. The number of hydrogen-bond acceptors (Lipinski definition) is 2. The number of nitrogens with zero attached hydrogens (tertiary/aromatic N) is 1. The molecule has 86 valence electrons. The fourth-order valence-electron chi connectivity index (χ4n) is 2.51. The maximum Gasteiger partial charge on any atom is 0.143 e. The fraction of sp³-hybridized carbons (Fsp3) is 0.571. The molecule has 0 bridgehead atoms. The van der Waals surface area contributed by atoms with E-state index in [9.17, 15) is 4.79 Å². The van der Waals surface area contributed by atoms with Crippen LogP contribution in [0.15, 0.2) is 24.5 Å². The quantitative estimate of drug-likeness (QED) is 0.778. The van der Waals surface area contributed by atoms with Crippen molar-refractivity contribution in [1.82, 2.24) is 4.98 Å². The third-order valence-electron chi connectivity index (χ3n) is 3.72. The summed E-state index contributed by atoms with van der Waals surface area (Å²) in [5.74, 6) is 0.389. The van der Waals surface area contributed by atoms with Crippen LogP contribution in [0.25, 0.3) is 0 Å². The molecule has 1 aliphatic rings. The van der Waals surface area contributed by atoms with Crippen molar-refractivity contribution in [3.05, 3.63) is 30.1 Å². The topological polar surface area (TPSA) is 30.0 Å². The molecule has 2 heteroatoms. The Morgan fingerprint density at radius 2 is 2.12 bits per heavy atom. The van der Waals surface area contributed by atoms with E-state index in [0.29, 0.717) is 12.2 Å². The molecule has 0 unspecified atom stereocenters. The summed E-state index contributed by atoms with van der Waals surface area (Å²) in [6, 6.07) is 3.88. The average Bonchev–Trinajstić information content (AvgIpc) is 2.31. The summed E-state index contributed by atoms with van der Waals surface area (Å²) >= 11 is 0. The van der Waals surface area contributed by atoms with Crippen LogP contribution in [0.3, 0.4) is 0 Å². The third-order valence-corrected chi connectivity index (χ3v) is 3.72. The van der Waals surface area contributed by atoms with Gasteiger partial charge in [-0.25, -0.2) is 0 Å². The van der Waals surface area contributed by atoms with Crippen LogP contribution in [-0.2, 0) is 11.2 Å². The normalized spacial score (nSPS) is 19.3. The van der Waals surface area contributed by atoms with Gasteiger partial charge in [0.15, 0.2) is 0 Å². The van der Waals surface area contributed by atoms with Gasteiger partial charge in [-0.3, -0.25) is 9.78 Å². The number of aromatic nitrogens is 1. The summed E-state index contributed by atoms with van der Waals surface area (Å²) in [7, 11) is 0. The summed E-state index contributed by atoms with van der Waals surface area (Å²) in [5.41, 5.74) is 0.966. The van der Waals surface area contributed by atoms with Gasteiger partial charge in [-0.15, -0.1) is 0 Å². The average molecular weight is 217 g/mol. The van der Waals surface area contributed by atoms with Crippen LogP contribution < -0.4 is 0 Å². The Bertz CT molecular complexity index is 352. The molecule has 0 atom stereocenters. The molecular formula is C14H19NO. The molecule has 0 N–H and O–H groups in total. The predicted octanol–water partition coefficient (Wildman–Crippen LogP) is 3.16. The maximum atomic E-state index is 12.3. The van der Waals surface area contributed by atoms with E-state index in [1.54, 1.807) is 12.4 Å². The van der Waals surface area contributed by atoms with E-state index in [1.807, 2.05) is 12.1 Å². The Balaban J connectivity index is 2.02. The molecule has 1 fully saturated rings. The van der Waals surface area contributed by atoms with E-state index in [2.05, 4.69) is 11.9 Å². The SMILES string of the molecule is CC1(C(=O)Cc2cccnc2)CCCCC1. The summed E-state index contributed by atoms with van der Waals surface area (Å²) in [4.78, 5) is 16.3. The zero-order valence-corrected chi connectivity index (χ0v) is 9.91. The highest BCUT2D eigenvalue weighted by atomic mass is 16.1. The molecule has 0 spiro atoms. The Morgan fingerprint density at radius 1 is 1.38 bits per heavy atom. The highest BCUT2D eigenvalue weighted by Gasteiger charge is 2.33. The van der Waals surface area contributed by atoms with Gasteiger partial charge >= 0.3 is 0 Å². The molecule has 1 aromatic heterocycles. The number of ketones is 1. The van der Waals surface area contributed by atoms with Gasteiger partial charge in [0.25, 0.3) is 0 Å². The molecule has 0 saturated heterocycles. The summed E-state index contributed by atoms with van der Waals surface area (Å²) in [6.45, 7) is 2.13. The van der Waals surface area contributed by atoms with Gasteiger partial charge in [0.05, 0.1) is 0 Å². The van der Waals surface area contributed by atoms with Crippen LogP contribution in [0.1, 0.15) is 44.6 Å². The maximum absolute atomic E-state index is 12.3. The van der Waals surface area contributed by atoms with E-state index >= 15 is 0 Å². The number of carbonyl (C=O) groups is 1. The summed E-state index contributed by atoms with van der Waals surface area (Å²) in [6.07, 6.45) is 9.91. The number of pyridine rings is 1. The fourth-order valence-corrected chi connectivity index (χ4v) is 2.51. The second-order valence-electron chi connectivity index (χ2n) is 5.08. The van der Waals surface area contributed by atoms with Crippen molar-refractivity contribution in [2.45, 2.75) is 45.4 Å². The summed E-state index contributed by atoms with van der Waals surface area (Å²) in [5, 5.41) is 0. The first-order valence-electron chi connectivity index (χ1n) is 6.13. The standard InChI is InChI=1S/C14H19NO/c1-14(7-3-2-4-8-14)13(16)10-12-6-5-9-15-11-12/h5-6,9,11H,2-4,7-8,10H2,1H3. The lowest BCUT2D eigenvalue weighted by Gasteiger charge is -2.32. The van der Waals surface area contributed by atoms with E-state index in [0.717, 1.165) is 18.4 Å². The van der Waals surface area contributed by atoms with Crippen LogP contribution in [-0.4, -0.2) is 10.8 Å². The number of carbonyl (C=O) groups excluding carboxylic acids is 1. The molecule has 1 aliphatic carbocycles. The Labute approximate surface area is 97.1 Å². The van der Waals surface area contributed by atoms with Crippen LogP contribution >= 0.6 is 0 Å². The van der Waals surface area contributed by atoms with Gasteiger partial charge in [-0.2, -0.15) is 0 Å². The van der Waals surface area contributed by atoms with Gasteiger partial charge in [-0.1, -0.05) is 32.3 Å². The van der Waals surface area contributed by atoms with Crippen molar-refractivity contribution >= 4 is 5.78 Å². The molecule has 2 nitrogen and oxygen atoms in total. The molecule has 0 amide bonds. The van der Waals surface area contributed by atoms with Crippen LogP contribution in [0.2, 0.25) is 0 Å². The molecule has 16 heavy (non-hydrogen) atoms. The van der Waals surface area contributed by atoms with Gasteiger partial charge in [0.2, 0.25) is 0 Å². The molecule has 0 aliphatic heterocycles. The van der Waals surface area contributed by atoms with E-state index in [4.69, 9.17) is 0 Å². The minimum Gasteiger partial charge on any atom is -0.299 e. The first-order valence-corrected chi connectivity index (χ1v) is 6.13. The van der Waals surface area contributed by atoms with Crippen LogP contribution in [0.5, 0.6) is 0 Å². The smallest absolute Gasteiger partial charge is 0.143 e. The van der Waals surface area contributed by atoms with Gasteiger partial charge < -0.3 is 0 Å². The molecule has 2 rings (SSSR count). The van der Waals surface area contributed by atoms with Crippen molar-refractivity contribution < 1.29 is 4.79 Å². The lowest BCUT2D eigenvalue weighted by Crippen LogP contribution is -2.31. The lowest BCUT2D eigenvalue weighted by atomic mass is 9.71. The minimum atomic E-state index is -0.0753. The zero-order chi connectivity index (χ0) is 11.4. The van der Waals surface area contributed by atoms with Crippen molar-refractivity contribution in [1.29, 1.82) is 0 Å². The number of hydrogen-bond donors (Lipinski definition) is 0. The monoisotopic (exact) mass is 217 g/mol. The van der Waals surface area contributed by atoms with Gasteiger partial charge in [0.1, 0.15) is 5.78 Å². The molecule has 0 radical (unpaired) electrons. The predicted molar refractivity (Wildman–Crippen MR) is 64.1 cm³/mol. The second-order valence-corrected chi connectivity index (χ2v) is 5.08. The van der Waals surface area contributed by atoms with Gasteiger partial charge in [0, 0.05) is 24.2 Å². The van der Waals surface area contributed by atoms with Crippen molar-refractivity contribution in [2.24, 2.45) is 5.41 Å². The van der Waals surface area contributed by atoms with E-state index in [1.165, 1.54) is 19.3 Å². The van der Waals surface area contributed by atoms with E-state index < -0.39 is 0 Å². The first kappa shape index (κ1) is 11.3. The third kappa shape index (κ3) is 2.49. The van der Waals surface area contributed by atoms with Crippen molar-refractivity contribution in [3.63, 3.8) is 0 Å². The largest absolute Gasteiger partial charge is 0.299 e. The zero-order valence-electron chi connectivity index (χ0n) is 9.91. The summed E-state index contributed by atoms with van der Waals surface area (Å²) < 4.78 is 0.